The quantitative estimate of drug-likeness (QED) is 0.324. The van der Waals surface area contributed by atoms with Crippen LogP contribution in [-0.4, -0.2) is 24.5 Å². The minimum absolute atomic E-state index is 0.202. The topological polar surface area (TPSA) is 32.6 Å². The van der Waals surface area contributed by atoms with Crippen LogP contribution in [0.1, 0.15) is 106 Å². The molecule has 8 atom stereocenters. The van der Waals surface area contributed by atoms with Crippen LogP contribution in [0.4, 0.5) is 0 Å². The standard InChI is InChI=1S/C33H51NO/c1-8-34-19-23-9-12-31(7)25(29(23,4)5)11-13-30(6)24-10-14-32(21-35)16-15-28(2,3)20-33(32)18-22(27(24)33)17-26(30)31/h8-9,17,22,24-25,27,35H,10-16,18-21H2,1-7H3. The zero-order valence-electron chi connectivity index (χ0n) is 23.7. The average Bonchev–Trinajstić information content (AvgIpc) is 2.77. The molecule has 4 saturated carbocycles. The molecular formula is C33H51NO. The maximum atomic E-state index is 10.8. The second-order valence-corrected chi connectivity index (χ2v) is 15.7. The molecule has 6 aliphatic rings. The van der Waals surface area contributed by atoms with Gasteiger partial charge in [-0.2, -0.15) is 0 Å². The lowest BCUT2D eigenvalue weighted by Crippen LogP contribution is -2.71. The maximum absolute atomic E-state index is 10.8. The van der Waals surface area contributed by atoms with Crippen molar-refractivity contribution in [3.8, 4) is 0 Å². The molecule has 0 aromatic rings. The number of hydrogen-bond acceptors (Lipinski definition) is 2. The lowest BCUT2D eigenvalue weighted by molar-refractivity contribution is -0.265. The van der Waals surface area contributed by atoms with Gasteiger partial charge < -0.3 is 5.11 Å². The van der Waals surface area contributed by atoms with Gasteiger partial charge in [-0.05, 0) is 133 Å². The summed E-state index contributed by atoms with van der Waals surface area (Å²) in [6, 6.07) is 0. The summed E-state index contributed by atoms with van der Waals surface area (Å²) in [5.41, 5.74) is 5.25. The zero-order chi connectivity index (χ0) is 25.1. The molecule has 0 aliphatic heterocycles. The smallest absolute Gasteiger partial charge is 0.0600 e. The highest BCUT2D eigenvalue weighted by molar-refractivity contribution is 5.53. The summed E-state index contributed by atoms with van der Waals surface area (Å²) in [6.45, 7) is 18.7. The highest BCUT2D eigenvalue weighted by Gasteiger charge is 2.74. The van der Waals surface area contributed by atoms with Gasteiger partial charge in [-0.15, -0.1) is 0 Å². The van der Waals surface area contributed by atoms with Crippen molar-refractivity contribution in [3.63, 3.8) is 0 Å². The van der Waals surface area contributed by atoms with Crippen LogP contribution < -0.4 is 0 Å². The molecule has 0 aromatic carbocycles. The van der Waals surface area contributed by atoms with Crippen LogP contribution in [0.25, 0.3) is 0 Å². The number of aliphatic hydroxyl groups excluding tert-OH is 1. The number of fused-ring (bicyclic) bond motifs is 4. The molecule has 0 heterocycles. The third-order valence-corrected chi connectivity index (χ3v) is 13.6. The van der Waals surface area contributed by atoms with E-state index < -0.39 is 0 Å². The summed E-state index contributed by atoms with van der Waals surface area (Å²) >= 11 is 0. The molecular weight excluding hydrogens is 426 g/mol. The molecule has 0 amide bonds. The normalized spacial score (nSPS) is 51.2. The van der Waals surface area contributed by atoms with Crippen molar-refractivity contribution in [2.24, 2.45) is 61.2 Å². The summed E-state index contributed by atoms with van der Waals surface area (Å²) in [5, 5.41) is 10.8. The van der Waals surface area contributed by atoms with Crippen LogP contribution in [0.2, 0.25) is 0 Å². The molecule has 35 heavy (non-hydrogen) atoms. The molecule has 0 aromatic heterocycles. The van der Waals surface area contributed by atoms with Crippen molar-refractivity contribution in [3.05, 3.63) is 23.3 Å². The van der Waals surface area contributed by atoms with Crippen LogP contribution in [0.3, 0.4) is 0 Å². The number of hydrogen-bond donors (Lipinski definition) is 1. The van der Waals surface area contributed by atoms with Gasteiger partial charge in [-0.3, -0.25) is 4.99 Å². The first kappa shape index (κ1) is 24.4. The van der Waals surface area contributed by atoms with E-state index in [1.54, 1.807) is 5.57 Å². The Balaban J connectivity index is 1.42. The molecule has 2 nitrogen and oxygen atoms in total. The van der Waals surface area contributed by atoms with Crippen LogP contribution in [0.15, 0.2) is 28.3 Å². The molecule has 8 unspecified atom stereocenters. The largest absolute Gasteiger partial charge is 0.396 e. The van der Waals surface area contributed by atoms with E-state index in [1.165, 1.54) is 57.8 Å². The van der Waals surface area contributed by atoms with E-state index in [2.05, 4.69) is 58.7 Å². The molecule has 0 saturated heterocycles. The van der Waals surface area contributed by atoms with Gasteiger partial charge >= 0.3 is 0 Å². The second-order valence-electron chi connectivity index (χ2n) is 15.7. The van der Waals surface area contributed by atoms with Crippen LogP contribution >= 0.6 is 0 Å². The van der Waals surface area contributed by atoms with Crippen molar-refractivity contribution in [2.45, 2.75) is 106 Å². The minimum atomic E-state index is 0.202. The van der Waals surface area contributed by atoms with Crippen LogP contribution in [0, 0.1) is 56.2 Å². The molecule has 2 heteroatoms. The van der Waals surface area contributed by atoms with E-state index in [0.717, 1.165) is 24.3 Å². The van der Waals surface area contributed by atoms with Gasteiger partial charge in [0.05, 0.1) is 6.54 Å². The van der Waals surface area contributed by atoms with Crippen molar-refractivity contribution in [2.75, 3.05) is 13.2 Å². The number of rotatable bonds is 3. The number of allylic oxidation sites excluding steroid dienone is 3. The maximum Gasteiger partial charge on any atom is 0.0600 e. The Morgan fingerprint density at radius 2 is 1.77 bits per heavy atom. The SMILES string of the molecule is CC=NCC1=CCC2(C)C3=CC4CC56CC(C)(C)CCC5(CO)CCC(C46)C3(C)CCC2C1(C)C. The monoisotopic (exact) mass is 477 g/mol. The third kappa shape index (κ3) is 2.90. The van der Waals surface area contributed by atoms with E-state index in [9.17, 15) is 5.11 Å². The van der Waals surface area contributed by atoms with Gasteiger partial charge in [0, 0.05) is 6.61 Å². The molecule has 1 N–H and O–H groups in total. The predicted molar refractivity (Wildman–Crippen MR) is 146 cm³/mol. The van der Waals surface area contributed by atoms with Gasteiger partial charge in [0.2, 0.25) is 0 Å². The Kier molecular flexibility index (Phi) is 5.14. The van der Waals surface area contributed by atoms with E-state index in [4.69, 9.17) is 0 Å². The number of aliphatic hydroxyl groups is 1. The fourth-order valence-corrected chi connectivity index (χ4v) is 11.9. The van der Waals surface area contributed by atoms with Crippen molar-refractivity contribution in [1.82, 2.24) is 0 Å². The number of nitrogens with zero attached hydrogens (tertiary/aromatic N) is 1. The minimum Gasteiger partial charge on any atom is -0.396 e. The Morgan fingerprint density at radius 1 is 1.00 bits per heavy atom. The van der Waals surface area contributed by atoms with Crippen molar-refractivity contribution < 1.29 is 5.11 Å². The summed E-state index contributed by atoms with van der Waals surface area (Å²) in [5.74, 6) is 3.07. The lowest BCUT2D eigenvalue weighted by Gasteiger charge is -2.77. The molecule has 1 spiro atoms. The summed E-state index contributed by atoms with van der Waals surface area (Å²) < 4.78 is 0. The van der Waals surface area contributed by atoms with Gasteiger partial charge in [-0.1, -0.05) is 59.3 Å². The van der Waals surface area contributed by atoms with Crippen molar-refractivity contribution in [1.29, 1.82) is 0 Å². The Labute approximate surface area is 215 Å². The molecule has 4 fully saturated rings. The Morgan fingerprint density at radius 3 is 2.49 bits per heavy atom. The van der Waals surface area contributed by atoms with Crippen LogP contribution in [0.5, 0.6) is 0 Å². The van der Waals surface area contributed by atoms with Gasteiger partial charge in [0.25, 0.3) is 0 Å². The predicted octanol–water partition coefficient (Wildman–Crippen LogP) is 8.02. The third-order valence-electron chi connectivity index (χ3n) is 13.6. The summed E-state index contributed by atoms with van der Waals surface area (Å²) in [4.78, 5) is 4.65. The summed E-state index contributed by atoms with van der Waals surface area (Å²) in [7, 11) is 0. The fraction of sp³-hybridized carbons (Fsp3) is 0.848. The highest BCUT2D eigenvalue weighted by atomic mass is 16.3. The average molecular weight is 478 g/mol. The first-order chi connectivity index (χ1) is 16.4. The van der Waals surface area contributed by atoms with E-state index in [-0.39, 0.29) is 16.2 Å². The number of aliphatic imine (C=N–C) groups is 1. The van der Waals surface area contributed by atoms with Crippen LogP contribution in [-0.2, 0) is 0 Å². The van der Waals surface area contributed by atoms with Gasteiger partial charge in [0.15, 0.2) is 0 Å². The van der Waals surface area contributed by atoms with E-state index in [1.807, 2.05) is 18.7 Å². The summed E-state index contributed by atoms with van der Waals surface area (Å²) in [6.07, 6.45) is 19.1. The molecule has 6 rings (SSSR count). The van der Waals surface area contributed by atoms with Gasteiger partial charge in [-0.25, -0.2) is 0 Å². The zero-order valence-corrected chi connectivity index (χ0v) is 23.7. The Bertz CT molecular complexity index is 1000. The lowest BCUT2D eigenvalue weighted by atomic mass is 9.27. The Hall–Kier alpha value is -0.890. The first-order valence-corrected chi connectivity index (χ1v) is 14.9. The van der Waals surface area contributed by atoms with Gasteiger partial charge in [0.1, 0.15) is 0 Å². The molecule has 6 aliphatic carbocycles. The second kappa shape index (κ2) is 7.36. The first-order valence-electron chi connectivity index (χ1n) is 14.9. The van der Waals surface area contributed by atoms with E-state index in [0.29, 0.717) is 28.8 Å². The molecule has 0 radical (unpaired) electrons. The highest BCUT2D eigenvalue weighted by Crippen LogP contribution is 2.81. The van der Waals surface area contributed by atoms with Crippen molar-refractivity contribution >= 4 is 6.21 Å². The fourth-order valence-electron chi connectivity index (χ4n) is 11.9. The van der Waals surface area contributed by atoms with E-state index >= 15 is 0 Å². The molecule has 0 bridgehead atoms. The molecule has 194 valence electrons.